The normalized spacial score (nSPS) is 11.6. The first-order valence-corrected chi connectivity index (χ1v) is 5.62. The zero-order chi connectivity index (χ0) is 12.8. The Labute approximate surface area is 105 Å². The van der Waals surface area contributed by atoms with Gasteiger partial charge in [0.25, 0.3) is 5.91 Å². The van der Waals surface area contributed by atoms with Gasteiger partial charge in [-0.25, -0.2) is 0 Å². The minimum Gasteiger partial charge on any atom is -0.506 e. The van der Waals surface area contributed by atoms with E-state index in [1.807, 2.05) is 13.0 Å². The lowest BCUT2D eigenvalue weighted by molar-refractivity contribution is 0.0936. The van der Waals surface area contributed by atoms with Crippen LogP contribution in [-0.2, 0) is 0 Å². The molecule has 0 spiro atoms. The second-order valence-corrected chi connectivity index (χ2v) is 4.01. The summed E-state index contributed by atoms with van der Waals surface area (Å²) in [7, 11) is 0. The van der Waals surface area contributed by atoms with Gasteiger partial charge in [0.05, 0.1) is 17.5 Å². The van der Waals surface area contributed by atoms with Gasteiger partial charge in [0, 0.05) is 11.6 Å². The first-order valence-electron chi connectivity index (χ1n) is 5.24. The van der Waals surface area contributed by atoms with Gasteiger partial charge < -0.3 is 10.4 Å². The van der Waals surface area contributed by atoms with Crippen molar-refractivity contribution in [1.29, 1.82) is 5.26 Å². The molecule has 0 heterocycles. The molecule has 0 aliphatic rings. The number of rotatable bonds is 4. The Morgan fingerprint density at radius 2 is 2.35 bits per heavy atom. The molecule has 0 aliphatic heterocycles. The predicted molar refractivity (Wildman–Crippen MR) is 64.9 cm³/mol. The van der Waals surface area contributed by atoms with Gasteiger partial charge in [0.1, 0.15) is 5.75 Å². The number of hydrogen-bond acceptors (Lipinski definition) is 3. The molecule has 0 aromatic heterocycles. The van der Waals surface area contributed by atoms with E-state index in [9.17, 15) is 9.90 Å². The van der Waals surface area contributed by atoms with Crippen LogP contribution in [0, 0.1) is 11.3 Å². The largest absolute Gasteiger partial charge is 0.506 e. The molecule has 2 N–H and O–H groups in total. The van der Waals surface area contributed by atoms with E-state index in [0.717, 1.165) is 0 Å². The van der Waals surface area contributed by atoms with Crippen LogP contribution in [0.2, 0.25) is 5.02 Å². The fourth-order valence-corrected chi connectivity index (χ4v) is 1.51. The first kappa shape index (κ1) is 13.3. The highest BCUT2D eigenvalue weighted by atomic mass is 35.5. The number of amides is 1. The fourth-order valence-electron chi connectivity index (χ4n) is 1.32. The Morgan fingerprint density at radius 3 is 2.88 bits per heavy atom. The Hall–Kier alpha value is -1.73. The zero-order valence-electron chi connectivity index (χ0n) is 9.40. The smallest absolute Gasteiger partial charge is 0.251 e. The maximum absolute atomic E-state index is 11.8. The summed E-state index contributed by atoms with van der Waals surface area (Å²) in [6.45, 7) is 1.89. The van der Waals surface area contributed by atoms with Crippen molar-refractivity contribution < 1.29 is 9.90 Å². The molecule has 4 nitrogen and oxygen atoms in total. The highest BCUT2D eigenvalue weighted by Crippen LogP contribution is 2.23. The summed E-state index contributed by atoms with van der Waals surface area (Å²) in [5, 5.41) is 20.7. The van der Waals surface area contributed by atoms with Crippen LogP contribution >= 0.6 is 11.6 Å². The molecule has 0 aliphatic carbocycles. The molecule has 1 rings (SSSR count). The van der Waals surface area contributed by atoms with Gasteiger partial charge in [-0.3, -0.25) is 4.79 Å². The molecule has 17 heavy (non-hydrogen) atoms. The molecule has 0 bridgehead atoms. The van der Waals surface area contributed by atoms with Gasteiger partial charge >= 0.3 is 0 Å². The number of aromatic hydroxyl groups is 1. The summed E-state index contributed by atoms with van der Waals surface area (Å²) in [6.07, 6.45) is 0.958. The minimum atomic E-state index is -0.297. The molecule has 0 saturated heterocycles. The van der Waals surface area contributed by atoms with Crippen molar-refractivity contribution in [3.63, 3.8) is 0 Å². The van der Waals surface area contributed by atoms with E-state index in [1.165, 1.54) is 18.2 Å². The average molecular weight is 253 g/mol. The van der Waals surface area contributed by atoms with Gasteiger partial charge in [0.2, 0.25) is 0 Å². The van der Waals surface area contributed by atoms with Crippen molar-refractivity contribution in [1.82, 2.24) is 5.32 Å². The van der Waals surface area contributed by atoms with Crippen LogP contribution in [0.4, 0.5) is 0 Å². The average Bonchev–Trinajstić information content (AvgIpc) is 2.31. The number of phenols is 1. The zero-order valence-corrected chi connectivity index (χ0v) is 10.2. The molecule has 5 heteroatoms. The van der Waals surface area contributed by atoms with Gasteiger partial charge in [-0.1, -0.05) is 18.5 Å². The van der Waals surface area contributed by atoms with Crippen molar-refractivity contribution in [2.75, 3.05) is 0 Å². The number of hydrogen-bond donors (Lipinski definition) is 2. The lowest BCUT2D eigenvalue weighted by atomic mass is 10.1. The third kappa shape index (κ3) is 3.65. The van der Waals surface area contributed by atoms with Crippen LogP contribution in [0.3, 0.4) is 0 Å². The van der Waals surface area contributed by atoms with E-state index in [4.69, 9.17) is 16.9 Å². The number of benzene rings is 1. The second kappa shape index (κ2) is 6.12. The summed E-state index contributed by atoms with van der Waals surface area (Å²) in [5.41, 5.74) is 0.365. The Bertz CT molecular complexity index is 454. The van der Waals surface area contributed by atoms with Crippen molar-refractivity contribution in [2.24, 2.45) is 0 Å². The number of phenolic OH excluding ortho intramolecular Hbond substituents is 1. The number of carbonyl (C=O) groups is 1. The molecule has 90 valence electrons. The Balaban J connectivity index is 2.76. The molecule has 0 fully saturated rings. The molecule has 1 aromatic carbocycles. The van der Waals surface area contributed by atoms with Crippen molar-refractivity contribution >= 4 is 17.5 Å². The van der Waals surface area contributed by atoms with Crippen molar-refractivity contribution in [3.05, 3.63) is 28.8 Å². The van der Waals surface area contributed by atoms with Gasteiger partial charge in [-0.15, -0.1) is 0 Å². The molecular formula is C12H13ClN2O2. The summed E-state index contributed by atoms with van der Waals surface area (Å²) in [5.74, 6) is -0.360. The molecule has 1 unspecified atom stereocenters. The second-order valence-electron chi connectivity index (χ2n) is 3.61. The summed E-state index contributed by atoms with van der Waals surface area (Å²) in [6, 6.07) is 6.09. The predicted octanol–water partition coefficient (Wildman–Crippen LogP) is 2.47. The third-order valence-corrected chi connectivity index (χ3v) is 2.68. The van der Waals surface area contributed by atoms with Crippen LogP contribution in [0.15, 0.2) is 18.2 Å². The molecular weight excluding hydrogens is 240 g/mol. The highest BCUT2D eigenvalue weighted by Gasteiger charge is 2.12. The maximum Gasteiger partial charge on any atom is 0.251 e. The summed E-state index contributed by atoms with van der Waals surface area (Å²) >= 11 is 5.71. The van der Waals surface area contributed by atoms with Crippen LogP contribution in [-0.4, -0.2) is 17.1 Å². The molecule has 1 aromatic rings. The van der Waals surface area contributed by atoms with E-state index < -0.39 is 0 Å². The monoisotopic (exact) mass is 252 g/mol. The molecule has 0 radical (unpaired) electrons. The minimum absolute atomic E-state index is 0.0627. The van der Waals surface area contributed by atoms with Crippen molar-refractivity contribution in [3.8, 4) is 11.8 Å². The van der Waals surface area contributed by atoms with Gasteiger partial charge in [-0.05, 0) is 24.6 Å². The summed E-state index contributed by atoms with van der Waals surface area (Å²) < 4.78 is 0. The lowest BCUT2D eigenvalue weighted by Gasteiger charge is -2.13. The molecule has 1 amide bonds. The Kier molecular flexibility index (Phi) is 4.80. The number of nitrogens with zero attached hydrogens (tertiary/aromatic N) is 1. The Morgan fingerprint density at radius 1 is 1.65 bits per heavy atom. The quantitative estimate of drug-likeness (QED) is 0.865. The number of carbonyl (C=O) groups excluding carboxylic acids is 1. The van der Waals surface area contributed by atoms with Gasteiger partial charge in [0.15, 0.2) is 0 Å². The van der Waals surface area contributed by atoms with E-state index in [0.29, 0.717) is 12.0 Å². The standard InChI is InChI=1S/C12H13ClN2O2/c1-2-9(5-6-14)15-12(17)8-3-4-11(16)10(13)7-8/h3-4,7,9,16H,2,5H2,1H3,(H,15,17). The number of nitrogens with one attached hydrogen (secondary N) is 1. The first-order chi connectivity index (χ1) is 8.08. The molecule has 0 saturated carbocycles. The fraction of sp³-hybridized carbons (Fsp3) is 0.333. The van der Waals surface area contributed by atoms with E-state index >= 15 is 0 Å². The summed E-state index contributed by atoms with van der Waals surface area (Å²) in [4.78, 5) is 11.8. The lowest BCUT2D eigenvalue weighted by Crippen LogP contribution is -2.34. The van der Waals surface area contributed by atoms with Gasteiger partial charge in [-0.2, -0.15) is 5.26 Å². The maximum atomic E-state index is 11.8. The van der Waals surface area contributed by atoms with Crippen LogP contribution in [0.25, 0.3) is 0 Å². The van der Waals surface area contributed by atoms with E-state index in [-0.39, 0.29) is 29.1 Å². The van der Waals surface area contributed by atoms with E-state index in [1.54, 1.807) is 0 Å². The topological polar surface area (TPSA) is 73.1 Å². The SMILES string of the molecule is CCC(CC#N)NC(=O)c1ccc(O)c(Cl)c1. The van der Waals surface area contributed by atoms with Crippen LogP contribution in [0.5, 0.6) is 5.75 Å². The van der Waals surface area contributed by atoms with Crippen LogP contribution < -0.4 is 5.32 Å². The number of nitriles is 1. The van der Waals surface area contributed by atoms with Crippen LogP contribution in [0.1, 0.15) is 30.1 Å². The van der Waals surface area contributed by atoms with E-state index in [2.05, 4.69) is 5.32 Å². The van der Waals surface area contributed by atoms with Crippen molar-refractivity contribution in [2.45, 2.75) is 25.8 Å². The third-order valence-electron chi connectivity index (χ3n) is 2.38. The highest BCUT2D eigenvalue weighted by molar-refractivity contribution is 6.32. The molecule has 1 atom stereocenters. The number of halogens is 1.